The van der Waals surface area contributed by atoms with Crippen molar-refractivity contribution in [3.63, 3.8) is 0 Å². The second kappa shape index (κ2) is 5.46. The third-order valence-electron chi connectivity index (χ3n) is 3.48. The number of hydrogen-bond acceptors (Lipinski definition) is 8. The molecule has 0 spiro atoms. The van der Waals surface area contributed by atoms with Gasteiger partial charge >= 0.3 is 0 Å². The first-order chi connectivity index (χ1) is 10.8. The van der Waals surface area contributed by atoms with Gasteiger partial charge in [-0.3, -0.25) is 0 Å². The van der Waals surface area contributed by atoms with Crippen LogP contribution < -0.4 is 4.90 Å². The van der Waals surface area contributed by atoms with Crippen LogP contribution >= 0.6 is 12.2 Å². The maximum absolute atomic E-state index is 5.38. The fraction of sp³-hybridized carbons (Fsp3) is 0.417. The maximum Gasteiger partial charge on any atom is 0.284 e. The average molecular weight is 319 g/mol. The molecule has 0 atom stereocenters. The predicted octanol–water partition coefficient (Wildman–Crippen LogP) is 0.757. The molecule has 1 fully saturated rings. The zero-order valence-corrected chi connectivity index (χ0v) is 12.4. The van der Waals surface area contributed by atoms with E-state index in [0.29, 0.717) is 25.6 Å². The molecule has 22 heavy (non-hydrogen) atoms. The lowest BCUT2D eigenvalue weighted by molar-refractivity contribution is 0.122. The Morgan fingerprint density at radius 3 is 2.86 bits per heavy atom. The highest BCUT2D eigenvalue weighted by Gasteiger charge is 2.18. The van der Waals surface area contributed by atoms with Crippen molar-refractivity contribution in [2.75, 3.05) is 31.2 Å². The Labute approximate surface area is 130 Å². The van der Waals surface area contributed by atoms with Gasteiger partial charge in [0.25, 0.3) is 4.84 Å². The molecular formula is C12H13N7O2S. The van der Waals surface area contributed by atoms with E-state index in [4.69, 9.17) is 21.4 Å². The van der Waals surface area contributed by atoms with Crippen LogP contribution in [0.1, 0.15) is 5.89 Å². The normalized spacial score (nSPS) is 15.5. The third kappa shape index (κ3) is 2.35. The standard InChI is InChI=1S/C12H13N7O2S/c22-12-17-16-8(21-12)5-19-7-15-9-10(13-6-14-11(9)19)18-1-3-20-4-2-18/h6-7H,1-5H2,(H,17,22). The number of ether oxygens (including phenoxy) is 1. The first kappa shape index (κ1) is 13.3. The number of rotatable bonds is 3. The first-order valence-corrected chi connectivity index (χ1v) is 7.25. The second-order valence-corrected chi connectivity index (χ2v) is 5.22. The third-order valence-corrected chi connectivity index (χ3v) is 3.66. The van der Waals surface area contributed by atoms with Crippen molar-refractivity contribution >= 4 is 29.2 Å². The Hall–Kier alpha value is -2.33. The van der Waals surface area contributed by atoms with Crippen LogP contribution in [0, 0.1) is 4.84 Å². The van der Waals surface area contributed by atoms with E-state index in [0.717, 1.165) is 30.1 Å². The van der Waals surface area contributed by atoms with Crippen LogP contribution in [-0.2, 0) is 11.3 Å². The number of morpholine rings is 1. The molecule has 1 saturated heterocycles. The van der Waals surface area contributed by atoms with E-state index >= 15 is 0 Å². The highest BCUT2D eigenvalue weighted by molar-refractivity contribution is 7.71. The summed E-state index contributed by atoms with van der Waals surface area (Å²) in [6.07, 6.45) is 3.25. The number of imidazole rings is 1. The van der Waals surface area contributed by atoms with E-state index in [2.05, 4.69) is 30.0 Å². The van der Waals surface area contributed by atoms with Crippen molar-refractivity contribution in [1.82, 2.24) is 29.7 Å². The molecule has 0 unspecified atom stereocenters. The highest BCUT2D eigenvalue weighted by atomic mass is 32.1. The zero-order chi connectivity index (χ0) is 14.9. The Kier molecular flexibility index (Phi) is 3.31. The number of aromatic amines is 1. The summed E-state index contributed by atoms with van der Waals surface area (Å²) in [5, 5.41) is 6.60. The van der Waals surface area contributed by atoms with Gasteiger partial charge in [-0.1, -0.05) is 0 Å². The smallest absolute Gasteiger partial charge is 0.284 e. The van der Waals surface area contributed by atoms with Crippen molar-refractivity contribution in [2.45, 2.75) is 6.54 Å². The van der Waals surface area contributed by atoms with Crippen molar-refractivity contribution in [3.8, 4) is 0 Å². The van der Waals surface area contributed by atoms with Crippen LogP contribution in [0.25, 0.3) is 11.2 Å². The monoisotopic (exact) mass is 319 g/mol. The minimum Gasteiger partial charge on any atom is -0.412 e. The number of nitrogens with one attached hydrogen (secondary N) is 1. The van der Waals surface area contributed by atoms with E-state index in [1.165, 1.54) is 0 Å². The molecule has 1 N–H and O–H groups in total. The van der Waals surface area contributed by atoms with Gasteiger partial charge in [-0.25, -0.2) is 20.1 Å². The summed E-state index contributed by atoms with van der Waals surface area (Å²) in [6, 6.07) is 0. The van der Waals surface area contributed by atoms with Crippen molar-refractivity contribution < 1.29 is 9.15 Å². The molecule has 0 aromatic carbocycles. The summed E-state index contributed by atoms with van der Waals surface area (Å²) in [5.74, 6) is 1.31. The minimum atomic E-state index is 0.253. The number of fused-ring (bicyclic) bond motifs is 1. The van der Waals surface area contributed by atoms with Gasteiger partial charge in [-0.05, 0) is 12.2 Å². The van der Waals surface area contributed by atoms with Gasteiger partial charge in [0.1, 0.15) is 12.9 Å². The van der Waals surface area contributed by atoms with Gasteiger partial charge in [-0.15, -0.1) is 5.10 Å². The molecule has 9 nitrogen and oxygen atoms in total. The van der Waals surface area contributed by atoms with E-state index in [-0.39, 0.29) is 4.84 Å². The van der Waals surface area contributed by atoms with E-state index < -0.39 is 0 Å². The molecule has 0 radical (unpaired) electrons. The van der Waals surface area contributed by atoms with Gasteiger partial charge in [0.15, 0.2) is 17.0 Å². The van der Waals surface area contributed by atoms with Crippen molar-refractivity contribution in [1.29, 1.82) is 0 Å². The minimum absolute atomic E-state index is 0.253. The van der Waals surface area contributed by atoms with Crippen molar-refractivity contribution in [3.05, 3.63) is 23.4 Å². The molecule has 1 aliphatic rings. The zero-order valence-electron chi connectivity index (χ0n) is 11.6. The molecule has 0 saturated carbocycles. The molecule has 0 aliphatic carbocycles. The maximum atomic E-state index is 5.38. The summed E-state index contributed by atoms with van der Waals surface area (Å²) < 4.78 is 12.5. The number of aromatic nitrogens is 6. The lowest BCUT2D eigenvalue weighted by Crippen LogP contribution is -2.36. The summed E-state index contributed by atoms with van der Waals surface area (Å²) in [7, 11) is 0. The molecule has 4 rings (SSSR count). The molecule has 3 aromatic heterocycles. The van der Waals surface area contributed by atoms with Crippen LogP contribution in [-0.4, -0.2) is 56.0 Å². The predicted molar refractivity (Wildman–Crippen MR) is 79.1 cm³/mol. The molecule has 0 bridgehead atoms. The highest BCUT2D eigenvalue weighted by Crippen LogP contribution is 2.22. The Morgan fingerprint density at radius 2 is 2.09 bits per heavy atom. The molecular weight excluding hydrogens is 306 g/mol. The van der Waals surface area contributed by atoms with Gasteiger partial charge in [-0.2, -0.15) is 0 Å². The first-order valence-electron chi connectivity index (χ1n) is 6.84. The molecule has 3 aromatic rings. The number of hydrogen-bond donors (Lipinski definition) is 1. The van der Waals surface area contributed by atoms with Crippen LogP contribution in [0.3, 0.4) is 0 Å². The summed E-state index contributed by atoms with van der Waals surface area (Å²) in [6.45, 7) is 3.39. The topological polar surface area (TPSA) is 97.9 Å². The Balaban J connectivity index is 1.71. The van der Waals surface area contributed by atoms with Crippen molar-refractivity contribution in [2.24, 2.45) is 0 Å². The van der Waals surface area contributed by atoms with E-state index in [1.54, 1.807) is 12.7 Å². The van der Waals surface area contributed by atoms with Crippen LogP contribution in [0.2, 0.25) is 0 Å². The molecule has 4 heterocycles. The summed E-state index contributed by atoms with van der Waals surface area (Å²) in [4.78, 5) is 15.6. The molecule has 1 aliphatic heterocycles. The lowest BCUT2D eigenvalue weighted by atomic mass is 10.4. The Morgan fingerprint density at radius 1 is 1.23 bits per heavy atom. The molecule has 10 heteroatoms. The van der Waals surface area contributed by atoms with Gasteiger partial charge < -0.3 is 18.6 Å². The summed E-state index contributed by atoms with van der Waals surface area (Å²) in [5.41, 5.74) is 1.50. The fourth-order valence-electron chi connectivity index (χ4n) is 2.46. The number of nitrogens with zero attached hydrogens (tertiary/aromatic N) is 6. The number of anilines is 1. The SMILES string of the molecule is S=c1[nH]nc(Cn2cnc3c(N4CCOCC4)ncnc32)o1. The van der Waals surface area contributed by atoms with E-state index in [9.17, 15) is 0 Å². The largest absolute Gasteiger partial charge is 0.412 e. The van der Waals surface area contributed by atoms with Gasteiger partial charge in [0.05, 0.1) is 19.5 Å². The average Bonchev–Trinajstić information content (AvgIpc) is 3.15. The van der Waals surface area contributed by atoms with Crippen LogP contribution in [0.5, 0.6) is 0 Å². The quantitative estimate of drug-likeness (QED) is 0.707. The second-order valence-electron chi connectivity index (χ2n) is 4.85. The molecule has 0 amide bonds. The van der Waals surface area contributed by atoms with Crippen LogP contribution in [0.4, 0.5) is 5.82 Å². The number of H-pyrrole nitrogens is 1. The fourth-order valence-corrected chi connectivity index (χ4v) is 2.61. The summed E-state index contributed by atoms with van der Waals surface area (Å²) >= 11 is 4.88. The van der Waals surface area contributed by atoms with Crippen LogP contribution in [0.15, 0.2) is 17.1 Å². The Bertz CT molecular complexity index is 848. The lowest BCUT2D eigenvalue weighted by Gasteiger charge is -2.27. The van der Waals surface area contributed by atoms with E-state index in [1.807, 2.05) is 4.57 Å². The van der Waals surface area contributed by atoms with Gasteiger partial charge in [0, 0.05) is 13.1 Å². The molecule has 114 valence electrons. The van der Waals surface area contributed by atoms with Gasteiger partial charge in [0.2, 0.25) is 5.89 Å².